The molecule has 0 bridgehead atoms. The quantitative estimate of drug-likeness (QED) is 0.793. The van der Waals surface area contributed by atoms with Gasteiger partial charge in [-0.25, -0.2) is 0 Å². The maximum Gasteiger partial charge on any atom is 0.495 e. The van der Waals surface area contributed by atoms with Crippen LogP contribution in [0, 0.1) is 0 Å². The Balaban J connectivity index is 1.86. The van der Waals surface area contributed by atoms with Crippen LogP contribution in [0.15, 0.2) is 18.2 Å². The minimum atomic E-state index is -0.380. The monoisotopic (exact) mass is 337 g/mol. The highest BCUT2D eigenvalue weighted by atomic mass is 35.5. The van der Waals surface area contributed by atoms with Gasteiger partial charge < -0.3 is 14.0 Å². The second-order valence-electron chi connectivity index (χ2n) is 7.28. The summed E-state index contributed by atoms with van der Waals surface area (Å²) in [5.41, 5.74) is 1.42. The van der Waals surface area contributed by atoms with Gasteiger partial charge >= 0.3 is 7.12 Å². The standard InChI is InChI=1S/C17H25BClNO3/c1-16(2)17(3,4)23-18(22-16)14-6-5-7-15(19)13(14)12-20-8-10-21-11-9-20/h5-7H,8-12H2,1-4H3. The van der Waals surface area contributed by atoms with Crippen molar-refractivity contribution in [3.05, 3.63) is 28.8 Å². The fourth-order valence-electron chi connectivity index (χ4n) is 2.92. The zero-order chi connectivity index (χ0) is 16.7. The van der Waals surface area contributed by atoms with Crippen molar-refractivity contribution in [3.8, 4) is 0 Å². The van der Waals surface area contributed by atoms with Gasteiger partial charge in [0, 0.05) is 24.7 Å². The highest BCUT2D eigenvalue weighted by Gasteiger charge is 2.52. The molecule has 2 fully saturated rings. The van der Waals surface area contributed by atoms with E-state index >= 15 is 0 Å². The van der Waals surface area contributed by atoms with Crippen LogP contribution in [0.5, 0.6) is 0 Å². The van der Waals surface area contributed by atoms with Crippen LogP contribution < -0.4 is 5.46 Å². The lowest BCUT2D eigenvalue weighted by atomic mass is 9.75. The number of hydrogen-bond acceptors (Lipinski definition) is 4. The molecule has 2 saturated heterocycles. The molecule has 0 saturated carbocycles. The van der Waals surface area contributed by atoms with Crippen molar-refractivity contribution in [2.45, 2.75) is 45.4 Å². The van der Waals surface area contributed by atoms with Crippen LogP contribution in [0.2, 0.25) is 5.02 Å². The first-order valence-corrected chi connectivity index (χ1v) is 8.61. The average molecular weight is 338 g/mol. The largest absolute Gasteiger partial charge is 0.495 e. The first kappa shape index (κ1) is 17.2. The zero-order valence-electron chi connectivity index (χ0n) is 14.4. The molecule has 2 heterocycles. The Morgan fingerprint density at radius 3 is 2.30 bits per heavy atom. The molecular formula is C17H25BClNO3. The number of ether oxygens (including phenoxy) is 1. The summed E-state index contributed by atoms with van der Waals surface area (Å²) in [6.07, 6.45) is 0. The number of rotatable bonds is 3. The first-order valence-electron chi connectivity index (χ1n) is 8.23. The van der Waals surface area contributed by atoms with Crippen molar-refractivity contribution in [2.24, 2.45) is 0 Å². The predicted molar refractivity (Wildman–Crippen MR) is 93.3 cm³/mol. The van der Waals surface area contributed by atoms with Crippen molar-refractivity contribution in [3.63, 3.8) is 0 Å². The molecule has 0 spiro atoms. The summed E-state index contributed by atoms with van der Waals surface area (Å²) in [6.45, 7) is 12.5. The molecule has 0 aliphatic carbocycles. The molecule has 1 aromatic rings. The summed E-state index contributed by atoms with van der Waals surface area (Å²) in [4.78, 5) is 2.36. The van der Waals surface area contributed by atoms with Crippen LogP contribution in [-0.4, -0.2) is 49.5 Å². The van der Waals surface area contributed by atoms with Gasteiger partial charge in [0.05, 0.1) is 24.4 Å². The summed E-state index contributed by atoms with van der Waals surface area (Å²) in [5.74, 6) is 0. The second-order valence-corrected chi connectivity index (χ2v) is 7.69. The fraction of sp³-hybridized carbons (Fsp3) is 0.647. The Hall–Kier alpha value is -0.585. The SMILES string of the molecule is CC1(C)OB(c2cccc(Cl)c2CN2CCOCC2)OC1(C)C. The van der Waals surface area contributed by atoms with E-state index in [1.165, 1.54) is 0 Å². The fourth-order valence-corrected chi connectivity index (χ4v) is 3.16. The Labute approximate surface area is 144 Å². The molecule has 3 rings (SSSR count). The van der Waals surface area contributed by atoms with Crippen LogP contribution >= 0.6 is 11.6 Å². The Bertz CT molecular complexity index is 557. The summed E-state index contributed by atoms with van der Waals surface area (Å²) in [5, 5.41) is 0.767. The molecule has 0 unspecified atom stereocenters. The maximum absolute atomic E-state index is 6.50. The lowest BCUT2D eigenvalue weighted by molar-refractivity contribution is 0.00578. The highest BCUT2D eigenvalue weighted by molar-refractivity contribution is 6.63. The lowest BCUT2D eigenvalue weighted by Gasteiger charge is -2.32. The number of hydrogen-bond donors (Lipinski definition) is 0. The van der Waals surface area contributed by atoms with E-state index in [1.807, 2.05) is 12.1 Å². The highest BCUT2D eigenvalue weighted by Crippen LogP contribution is 2.37. The smallest absolute Gasteiger partial charge is 0.399 e. The summed E-state index contributed by atoms with van der Waals surface area (Å²) < 4.78 is 17.8. The van der Waals surface area contributed by atoms with Crippen molar-refractivity contribution in [1.29, 1.82) is 0 Å². The van der Waals surface area contributed by atoms with E-state index in [0.717, 1.165) is 48.9 Å². The van der Waals surface area contributed by atoms with E-state index in [1.54, 1.807) is 0 Å². The van der Waals surface area contributed by atoms with Crippen LogP contribution in [0.25, 0.3) is 0 Å². The number of nitrogens with zero attached hydrogens (tertiary/aromatic N) is 1. The predicted octanol–water partition coefficient (Wildman–Crippen LogP) is 2.47. The van der Waals surface area contributed by atoms with Gasteiger partial charge in [-0.2, -0.15) is 0 Å². The number of benzene rings is 1. The van der Waals surface area contributed by atoms with Crippen LogP contribution in [-0.2, 0) is 20.6 Å². The minimum Gasteiger partial charge on any atom is -0.399 e. The van der Waals surface area contributed by atoms with Gasteiger partial charge in [-0.3, -0.25) is 4.90 Å². The first-order chi connectivity index (χ1) is 10.8. The molecule has 6 heteroatoms. The van der Waals surface area contributed by atoms with Crippen LogP contribution in [0.3, 0.4) is 0 Å². The van der Waals surface area contributed by atoms with Gasteiger partial charge in [0.2, 0.25) is 0 Å². The minimum absolute atomic E-state index is 0.351. The molecule has 0 amide bonds. The number of halogens is 1. The Kier molecular flexibility index (Phi) is 4.78. The van der Waals surface area contributed by atoms with Crippen molar-refractivity contribution < 1.29 is 14.0 Å². The van der Waals surface area contributed by atoms with Gasteiger partial charge in [-0.05, 0) is 44.8 Å². The summed E-state index contributed by atoms with van der Waals surface area (Å²) in [7, 11) is -0.380. The molecular weight excluding hydrogens is 312 g/mol. The third-order valence-electron chi connectivity index (χ3n) is 5.15. The van der Waals surface area contributed by atoms with E-state index in [2.05, 4.69) is 38.7 Å². The Morgan fingerprint density at radius 2 is 1.70 bits per heavy atom. The van der Waals surface area contributed by atoms with Gasteiger partial charge in [0.15, 0.2) is 0 Å². The molecule has 126 valence electrons. The van der Waals surface area contributed by atoms with E-state index in [-0.39, 0.29) is 18.3 Å². The maximum atomic E-state index is 6.50. The zero-order valence-corrected chi connectivity index (χ0v) is 15.2. The molecule has 0 N–H and O–H groups in total. The molecule has 0 aromatic heterocycles. The van der Waals surface area contributed by atoms with Crippen molar-refractivity contribution in [2.75, 3.05) is 26.3 Å². The van der Waals surface area contributed by atoms with Crippen molar-refractivity contribution >= 4 is 24.2 Å². The molecule has 2 aliphatic heterocycles. The van der Waals surface area contributed by atoms with E-state index < -0.39 is 0 Å². The average Bonchev–Trinajstić information content (AvgIpc) is 2.70. The van der Waals surface area contributed by atoms with E-state index in [4.69, 9.17) is 25.6 Å². The molecule has 0 atom stereocenters. The second kappa shape index (κ2) is 6.38. The van der Waals surface area contributed by atoms with Crippen LogP contribution in [0.1, 0.15) is 33.3 Å². The van der Waals surface area contributed by atoms with Gasteiger partial charge in [0.25, 0.3) is 0 Å². The third-order valence-corrected chi connectivity index (χ3v) is 5.50. The lowest BCUT2D eigenvalue weighted by Crippen LogP contribution is -2.41. The van der Waals surface area contributed by atoms with E-state index in [9.17, 15) is 0 Å². The molecule has 2 aliphatic rings. The normalized spacial score (nSPS) is 24.1. The van der Waals surface area contributed by atoms with E-state index in [0.29, 0.717) is 0 Å². The van der Waals surface area contributed by atoms with Crippen molar-refractivity contribution in [1.82, 2.24) is 4.90 Å². The summed E-state index contributed by atoms with van der Waals surface area (Å²) >= 11 is 6.50. The topological polar surface area (TPSA) is 30.9 Å². The van der Waals surface area contributed by atoms with Gasteiger partial charge in [-0.1, -0.05) is 23.7 Å². The molecule has 0 radical (unpaired) electrons. The molecule has 23 heavy (non-hydrogen) atoms. The Morgan fingerprint density at radius 1 is 1.09 bits per heavy atom. The van der Waals surface area contributed by atoms with Gasteiger partial charge in [-0.15, -0.1) is 0 Å². The molecule has 1 aromatic carbocycles. The van der Waals surface area contributed by atoms with Crippen LogP contribution in [0.4, 0.5) is 0 Å². The third kappa shape index (κ3) is 3.44. The number of morpholine rings is 1. The molecule has 4 nitrogen and oxygen atoms in total. The summed E-state index contributed by atoms with van der Waals surface area (Å²) in [6, 6.07) is 5.96. The van der Waals surface area contributed by atoms with Gasteiger partial charge in [0.1, 0.15) is 0 Å².